The van der Waals surface area contributed by atoms with Crippen molar-refractivity contribution in [1.82, 2.24) is 0 Å². The van der Waals surface area contributed by atoms with E-state index in [9.17, 15) is 0 Å². The largest absolute Gasteiger partial charge is 0.496 e. The molecular formula is C12H19NO3S. The molecular weight excluding hydrogens is 238 g/mol. The first-order valence-electron chi connectivity index (χ1n) is 5.30. The Balaban J connectivity index is 3.23. The maximum absolute atomic E-state index is 5.37. The van der Waals surface area contributed by atoms with Crippen molar-refractivity contribution >= 4 is 18.3 Å². The first-order chi connectivity index (χ1) is 8.17. The van der Waals surface area contributed by atoms with Crippen molar-refractivity contribution in [2.75, 3.05) is 45.6 Å². The molecule has 0 N–H and O–H groups in total. The second kappa shape index (κ2) is 6.49. The molecule has 0 bridgehead atoms. The second-order valence-electron chi connectivity index (χ2n) is 3.53. The number of rotatable bonds is 6. The van der Waals surface area contributed by atoms with Crippen LogP contribution in [-0.4, -0.2) is 40.7 Å². The smallest absolute Gasteiger partial charge is 0.149 e. The van der Waals surface area contributed by atoms with Gasteiger partial charge in [-0.1, -0.05) is 0 Å². The lowest BCUT2D eigenvalue weighted by molar-refractivity contribution is 0.376. The standard InChI is InChI=1S/C12H19NO3S/c1-13(5-6-17)12-10(15-3)7-9(14-2)8-11(12)16-4/h7-8,17H,5-6H2,1-4H3. The molecule has 0 fully saturated rings. The van der Waals surface area contributed by atoms with E-state index >= 15 is 0 Å². The van der Waals surface area contributed by atoms with E-state index in [0.29, 0.717) is 5.75 Å². The highest BCUT2D eigenvalue weighted by Crippen LogP contribution is 2.40. The van der Waals surface area contributed by atoms with E-state index in [0.717, 1.165) is 29.5 Å². The third kappa shape index (κ3) is 3.12. The van der Waals surface area contributed by atoms with Crippen LogP contribution in [-0.2, 0) is 0 Å². The fraction of sp³-hybridized carbons (Fsp3) is 0.500. The number of hydrogen-bond donors (Lipinski definition) is 1. The molecule has 0 aliphatic heterocycles. The van der Waals surface area contributed by atoms with Crippen LogP contribution < -0.4 is 19.1 Å². The summed E-state index contributed by atoms with van der Waals surface area (Å²) in [6, 6.07) is 3.68. The molecule has 0 heterocycles. The molecule has 5 heteroatoms. The van der Waals surface area contributed by atoms with Gasteiger partial charge in [0.25, 0.3) is 0 Å². The molecule has 0 aliphatic carbocycles. The van der Waals surface area contributed by atoms with Gasteiger partial charge >= 0.3 is 0 Å². The normalized spacial score (nSPS) is 9.94. The molecule has 0 spiro atoms. The van der Waals surface area contributed by atoms with Crippen molar-refractivity contribution in [2.24, 2.45) is 0 Å². The monoisotopic (exact) mass is 257 g/mol. The van der Waals surface area contributed by atoms with E-state index in [1.807, 2.05) is 24.1 Å². The number of thiol groups is 1. The van der Waals surface area contributed by atoms with Gasteiger partial charge in [0.1, 0.15) is 22.9 Å². The van der Waals surface area contributed by atoms with E-state index in [-0.39, 0.29) is 0 Å². The first kappa shape index (κ1) is 13.8. The summed E-state index contributed by atoms with van der Waals surface area (Å²) in [6.45, 7) is 0.808. The zero-order valence-electron chi connectivity index (χ0n) is 10.7. The van der Waals surface area contributed by atoms with Crippen LogP contribution >= 0.6 is 12.6 Å². The van der Waals surface area contributed by atoms with Gasteiger partial charge in [-0.2, -0.15) is 12.6 Å². The Morgan fingerprint density at radius 3 is 1.94 bits per heavy atom. The van der Waals surface area contributed by atoms with Gasteiger partial charge in [-0.15, -0.1) is 0 Å². The van der Waals surface area contributed by atoms with Crippen LogP contribution in [0.25, 0.3) is 0 Å². The molecule has 1 aromatic rings. The zero-order valence-corrected chi connectivity index (χ0v) is 11.6. The summed E-state index contributed by atoms with van der Waals surface area (Å²) >= 11 is 4.23. The van der Waals surface area contributed by atoms with E-state index in [4.69, 9.17) is 14.2 Å². The van der Waals surface area contributed by atoms with Crippen LogP contribution in [0.2, 0.25) is 0 Å². The van der Waals surface area contributed by atoms with Gasteiger partial charge in [-0.3, -0.25) is 0 Å². The summed E-state index contributed by atoms with van der Waals surface area (Å²) in [5, 5.41) is 0. The fourth-order valence-corrected chi connectivity index (χ4v) is 1.93. The van der Waals surface area contributed by atoms with Gasteiger partial charge in [-0.05, 0) is 0 Å². The van der Waals surface area contributed by atoms with Gasteiger partial charge in [0.05, 0.1) is 21.3 Å². The Kier molecular flexibility index (Phi) is 5.28. The van der Waals surface area contributed by atoms with Crippen LogP contribution in [0.15, 0.2) is 12.1 Å². The molecule has 1 rings (SSSR count). The molecule has 0 aromatic heterocycles. The molecule has 96 valence electrons. The minimum Gasteiger partial charge on any atom is -0.496 e. The summed E-state index contributed by atoms with van der Waals surface area (Å²) in [7, 11) is 6.85. The molecule has 0 amide bonds. The van der Waals surface area contributed by atoms with Crippen molar-refractivity contribution in [3.63, 3.8) is 0 Å². The van der Waals surface area contributed by atoms with Crippen molar-refractivity contribution in [3.8, 4) is 17.2 Å². The molecule has 4 nitrogen and oxygen atoms in total. The minimum atomic E-state index is 0.710. The Morgan fingerprint density at radius 2 is 1.59 bits per heavy atom. The van der Waals surface area contributed by atoms with Crippen LogP contribution in [0.4, 0.5) is 5.69 Å². The van der Waals surface area contributed by atoms with E-state index in [1.165, 1.54) is 0 Å². The zero-order chi connectivity index (χ0) is 12.8. The van der Waals surface area contributed by atoms with Gasteiger partial charge in [0.15, 0.2) is 0 Å². The van der Waals surface area contributed by atoms with Crippen molar-refractivity contribution in [2.45, 2.75) is 0 Å². The Bertz CT molecular complexity index is 346. The number of anilines is 1. The number of benzene rings is 1. The lowest BCUT2D eigenvalue weighted by Crippen LogP contribution is -2.21. The van der Waals surface area contributed by atoms with E-state index in [1.54, 1.807) is 21.3 Å². The van der Waals surface area contributed by atoms with Crippen molar-refractivity contribution in [3.05, 3.63) is 12.1 Å². The van der Waals surface area contributed by atoms with E-state index < -0.39 is 0 Å². The molecule has 0 saturated carbocycles. The molecule has 0 aliphatic rings. The van der Waals surface area contributed by atoms with Crippen molar-refractivity contribution in [1.29, 1.82) is 0 Å². The lowest BCUT2D eigenvalue weighted by Gasteiger charge is -2.23. The fourth-order valence-electron chi connectivity index (χ4n) is 1.63. The highest BCUT2D eigenvalue weighted by atomic mass is 32.1. The summed E-state index contributed by atoms with van der Waals surface area (Å²) < 4.78 is 15.9. The molecule has 1 aromatic carbocycles. The van der Waals surface area contributed by atoms with E-state index in [2.05, 4.69) is 12.6 Å². The topological polar surface area (TPSA) is 30.9 Å². The Morgan fingerprint density at radius 1 is 1.06 bits per heavy atom. The van der Waals surface area contributed by atoms with Gasteiger partial charge in [0, 0.05) is 31.5 Å². The average molecular weight is 257 g/mol. The lowest BCUT2D eigenvalue weighted by atomic mass is 10.2. The van der Waals surface area contributed by atoms with Gasteiger partial charge in [-0.25, -0.2) is 0 Å². The molecule has 0 radical (unpaired) electrons. The maximum atomic E-state index is 5.37. The van der Waals surface area contributed by atoms with Crippen LogP contribution in [0.5, 0.6) is 17.2 Å². The quantitative estimate of drug-likeness (QED) is 0.791. The summed E-state index contributed by atoms with van der Waals surface area (Å²) in [6.07, 6.45) is 0. The number of nitrogens with zero attached hydrogens (tertiary/aromatic N) is 1. The second-order valence-corrected chi connectivity index (χ2v) is 3.97. The summed E-state index contributed by atoms with van der Waals surface area (Å²) in [5.74, 6) is 2.92. The number of methoxy groups -OCH3 is 3. The molecule has 17 heavy (non-hydrogen) atoms. The SMILES string of the molecule is COc1cc(OC)c(N(C)CCS)c(OC)c1. The van der Waals surface area contributed by atoms with Crippen LogP contribution in [0.1, 0.15) is 0 Å². The molecule has 0 unspecified atom stereocenters. The molecule has 0 saturated heterocycles. The molecule has 0 atom stereocenters. The average Bonchev–Trinajstić information content (AvgIpc) is 2.37. The van der Waals surface area contributed by atoms with Gasteiger partial charge < -0.3 is 19.1 Å². The predicted octanol–water partition coefficient (Wildman–Crippen LogP) is 2.08. The Hall–Kier alpha value is -1.23. The third-order valence-electron chi connectivity index (χ3n) is 2.51. The highest BCUT2D eigenvalue weighted by molar-refractivity contribution is 7.80. The van der Waals surface area contributed by atoms with Crippen LogP contribution in [0, 0.1) is 0 Å². The first-order valence-corrected chi connectivity index (χ1v) is 5.93. The highest BCUT2D eigenvalue weighted by Gasteiger charge is 2.16. The number of hydrogen-bond acceptors (Lipinski definition) is 5. The summed E-state index contributed by atoms with van der Waals surface area (Å²) in [4.78, 5) is 2.05. The predicted molar refractivity (Wildman–Crippen MR) is 73.2 cm³/mol. The van der Waals surface area contributed by atoms with Gasteiger partial charge in [0.2, 0.25) is 0 Å². The maximum Gasteiger partial charge on any atom is 0.149 e. The van der Waals surface area contributed by atoms with Crippen LogP contribution in [0.3, 0.4) is 0 Å². The minimum absolute atomic E-state index is 0.710. The third-order valence-corrected chi connectivity index (χ3v) is 2.71. The van der Waals surface area contributed by atoms with Crippen molar-refractivity contribution < 1.29 is 14.2 Å². The summed E-state index contributed by atoms with van der Waals surface area (Å²) in [5.41, 5.74) is 0.907. The Labute approximate surface area is 108 Å². The number of ether oxygens (including phenoxy) is 3.